The van der Waals surface area contributed by atoms with Crippen LogP contribution in [-0.2, 0) is 16.4 Å². The molecule has 1 aromatic carbocycles. The van der Waals surface area contributed by atoms with Crippen molar-refractivity contribution < 1.29 is 26.7 Å². The van der Waals surface area contributed by atoms with Gasteiger partial charge in [0.15, 0.2) is 0 Å². The van der Waals surface area contributed by atoms with Crippen LogP contribution in [0.25, 0.3) is 0 Å². The van der Waals surface area contributed by atoms with Gasteiger partial charge in [0.25, 0.3) is 22.4 Å². The summed E-state index contributed by atoms with van der Waals surface area (Å²) in [5.41, 5.74) is -0.340. The Morgan fingerprint density at radius 3 is 2.72 bits per heavy atom. The van der Waals surface area contributed by atoms with Crippen molar-refractivity contribution in [1.29, 1.82) is 0 Å². The fraction of sp³-hybridized carbons (Fsp3) is 0.312. The summed E-state index contributed by atoms with van der Waals surface area (Å²) in [7, 11) is -4.27. The molecule has 3 rings (SSSR count). The Kier molecular flexibility index (Phi) is 4.32. The Labute approximate surface area is 147 Å². The predicted octanol–water partition coefficient (Wildman–Crippen LogP) is 3.52. The molecule has 0 unspecified atom stereocenters. The molecule has 134 valence electrons. The van der Waals surface area contributed by atoms with E-state index in [1.165, 1.54) is 11.4 Å². The molecule has 1 aliphatic rings. The second-order valence-corrected chi connectivity index (χ2v) is 8.79. The van der Waals surface area contributed by atoms with E-state index in [-0.39, 0.29) is 15.5 Å². The van der Waals surface area contributed by atoms with Gasteiger partial charge in [-0.3, -0.25) is 4.79 Å². The average Bonchev–Trinajstić information content (AvgIpc) is 3.08. The van der Waals surface area contributed by atoms with Crippen LogP contribution in [0.5, 0.6) is 5.75 Å². The number of hydrogen-bond donors (Lipinski definition) is 1. The summed E-state index contributed by atoms with van der Waals surface area (Å²) in [6.45, 7) is 3.64. The highest BCUT2D eigenvalue weighted by Crippen LogP contribution is 2.39. The molecule has 9 heteroatoms. The SMILES string of the molecule is CC1(C)Cc2cccc(S(=O)(=O)NC(=O)c3sccc3C(F)F)c2O1. The van der Waals surface area contributed by atoms with Gasteiger partial charge in [0.05, 0.1) is 0 Å². The molecule has 1 N–H and O–H groups in total. The van der Waals surface area contributed by atoms with Gasteiger partial charge < -0.3 is 4.74 Å². The van der Waals surface area contributed by atoms with E-state index in [2.05, 4.69) is 0 Å². The normalized spacial score (nSPS) is 15.7. The van der Waals surface area contributed by atoms with Gasteiger partial charge >= 0.3 is 0 Å². The number of sulfonamides is 1. The molecule has 0 saturated heterocycles. The molecule has 25 heavy (non-hydrogen) atoms. The van der Waals surface area contributed by atoms with E-state index in [1.807, 2.05) is 18.6 Å². The van der Waals surface area contributed by atoms with E-state index in [0.717, 1.165) is 17.4 Å². The van der Waals surface area contributed by atoms with Crippen molar-refractivity contribution in [3.05, 3.63) is 45.6 Å². The fourth-order valence-corrected chi connectivity index (χ4v) is 4.70. The smallest absolute Gasteiger partial charge is 0.275 e. The van der Waals surface area contributed by atoms with Gasteiger partial charge in [0.2, 0.25) is 0 Å². The summed E-state index contributed by atoms with van der Waals surface area (Å²) in [5.74, 6) is -0.895. The van der Waals surface area contributed by atoms with Crippen molar-refractivity contribution in [3.8, 4) is 5.75 Å². The molecule has 1 aromatic heterocycles. The van der Waals surface area contributed by atoms with Crippen LogP contribution in [0.4, 0.5) is 8.78 Å². The van der Waals surface area contributed by atoms with Gasteiger partial charge in [-0.1, -0.05) is 12.1 Å². The van der Waals surface area contributed by atoms with Crippen LogP contribution in [0, 0.1) is 0 Å². The van der Waals surface area contributed by atoms with Crippen LogP contribution in [-0.4, -0.2) is 19.9 Å². The molecule has 0 spiro atoms. The lowest BCUT2D eigenvalue weighted by atomic mass is 10.0. The Balaban J connectivity index is 1.93. The van der Waals surface area contributed by atoms with Crippen LogP contribution in [0.2, 0.25) is 0 Å². The maximum absolute atomic E-state index is 12.9. The first kappa shape index (κ1) is 17.8. The monoisotopic (exact) mass is 387 g/mol. The highest BCUT2D eigenvalue weighted by Gasteiger charge is 2.35. The molecule has 2 aromatic rings. The Morgan fingerprint density at radius 1 is 1.32 bits per heavy atom. The van der Waals surface area contributed by atoms with Gasteiger partial charge in [-0.15, -0.1) is 11.3 Å². The third-order valence-electron chi connectivity index (χ3n) is 3.71. The number of halogens is 2. The minimum Gasteiger partial charge on any atom is -0.486 e. The number of ether oxygens (including phenoxy) is 1. The summed E-state index contributed by atoms with van der Waals surface area (Å²) < 4.78 is 58.5. The number of para-hydroxylation sites is 1. The molecule has 0 aliphatic carbocycles. The third kappa shape index (κ3) is 3.38. The van der Waals surface area contributed by atoms with Crippen LogP contribution in [0.1, 0.15) is 41.1 Å². The number of carbonyl (C=O) groups excluding carboxylic acids is 1. The Hall–Kier alpha value is -2.00. The summed E-state index contributed by atoms with van der Waals surface area (Å²) in [4.78, 5) is 11.7. The molecular weight excluding hydrogens is 372 g/mol. The second-order valence-electron chi connectivity index (χ2n) is 6.22. The van der Waals surface area contributed by atoms with Gasteiger partial charge in [0.1, 0.15) is 21.1 Å². The maximum Gasteiger partial charge on any atom is 0.275 e. The maximum atomic E-state index is 12.9. The number of amides is 1. The zero-order valence-corrected chi connectivity index (χ0v) is 15.0. The molecule has 0 atom stereocenters. The first-order valence-electron chi connectivity index (χ1n) is 7.34. The van der Waals surface area contributed by atoms with Gasteiger partial charge in [-0.2, -0.15) is 0 Å². The first-order chi connectivity index (χ1) is 11.6. The minimum absolute atomic E-state index is 0.181. The van der Waals surface area contributed by atoms with Crippen molar-refractivity contribution >= 4 is 27.3 Å². The number of rotatable bonds is 4. The van der Waals surface area contributed by atoms with Crippen molar-refractivity contribution in [2.45, 2.75) is 37.2 Å². The first-order valence-corrected chi connectivity index (χ1v) is 9.70. The summed E-state index contributed by atoms with van der Waals surface area (Å²) >= 11 is 0.759. The lowest BCUT2D eigenvalue weighted by Crippen LogP contribution is -2.31. The highest BCUT2D eigenvalue weighted by molar-refractivity contribution is 7.90. The number of benzene rings is 1. The molecule has 0 saturated carbocycles. The summed E-state index contributed by atoms with van der Waals surface area (Å²) in [5, 5.41) is 1.31. The van der Waals surface area contributed by atoms with Crippen molar-refractivity contribution in [1.82, 2.24) is 4.72 Å². The Bertz CT molecular complexity index is 935. The van der Waals surface area contributed by atoms with Crippen LogP contribution in [0.15, 0.2) is 34.5 Å². The van der Waals surface area contributed by atoms with Crippen molar-refractivity contribution in [2.75, 3.05) is 0 Å². The van der Waals surface area contributed by atoms with E-state index >= 15 is 0 Å². The predicted molar refractivity (Wildman–Crippen MR) is 88.8 cm³/mol. The van der Waals surface area contributed by atoms with Gasteiger partial charge in [0, 0.05) is 12.0 Å². The van der Waals surface area contributed by atoms with E-state index in [0.29, 0.717) is 12.0 Å². The van der Waals surface area contributed by atoms with Crippen LogP contribution < -0.4 is 9.46 Å². The molecule has 1 amide bonds. The number of nitrogens with one attached hydrogen (secondary N) is 1. The number of alkyl halides is 2. The van der Waals surface area contributed by atoms with Crippen molar-refractivity contribution in [3.63, 3.8) is 0 Å². The largest absolute Gasteiger partial charge is 0.486 e. The topological polar surface area (TPSA) is 72.5 Å². The molecular formula is C16H15F2NO4S2. The zero-order chi connectivity index (χ0) is 18.4. The van der Waals surface area contributed by atoms with E-state index < -0.39 is 33.5 Å². The lowest BCUT2D eigenvalue weighted by molar-refractivity contribution is 0.0972. The van der Waals surface area contributed by atoms with Gasteiger partial charge in [-0.25, -0.2) is 21.9 Å². The molecule has 0 bridgehead atoms. The quantitative estimate of drug-likeness (QED) is 0.871. The van der Waals surface area contributed by atoms with Crippen molar-refractivity contribution in [2.24, 2.45) is 0 Å². The third-order valence-corrected chi connectivity index (χ3v) is 5.99. The molecule has 0 fully saturated rings. The van der Waals surface area contributed by atoms with Crippen LogP contribution >= 0.6 is 11.3 Å². The molecule has 1 aliphatic heterocycles. The number of thiophene rings is 1. The number of carbonyl (C=O) groups is 1. The fourth-order valence-electron chi connectivity index (χ4n) is 2.70. The standard InChI is InChI=1S/C16H15F2NO4S2/c1-16(2)8-9-4-3-5-11(12(9)23-16)25(21,22)19-15(20)13-10(14(17)18)6-7-24-13/h3-7,14H,8H2,1-2H3,(H,19,20). The molecule has 5 nitrogen and oxygen atoms in total. The minimum atomic E-state index is -4.27. The summed E-state index contributed by atoms with van der Waals surface area (Å²) in [6, 6.07) is 5.72. The number of fused-ring (bicyclic) bond motifs is 1. The number of hydrogen-bond acceptors (Lipinski definition) is 5. The average molecular weight is 387 g/mol. The van der Waals surface area contributed by atoms with E-state index in [1.54, 1.807) is 12.1 Å². The van der Waals surface area contributed by atoms with E-state index in [9.17, 15) is 22.0 Å². The molecule has 0 radical (unpaired) electrons. The van der Waals surface area contributed by atoms with Crippen LogP contribution in [0.3, 0.4) is 0 Å². The lowest BCUT2D eigenvalue weighted by Gasteiger charge is -2.18. The van der Waals surface area contributed by atoms with Gasteiger partial charge in [-0.05, 0) is 36.9 Å². The second kappa shape index (κ2) is 6.06. The highest BCUT2D eigenvalue weighted by atomic mass is 32.2. The Morgan fingerprint density at radius 2 is 2.04 bits per heavy atom. The zero-order valence-electron chi connectivity index (χ0n) is 13.4. The van der Waals surface area contributed by atoms with E-state index in [4.69, 9.17) is 4.74 Å². The molecule has 2 heterocycles. The summed E-state index contributed by atoms with van der Waals surface area (Å²) in [6.07, 6.45) is -2.33.